The van der Waals surface area contributed by atoms with Gasteiger partial charge in [-0.2, -0.15) is 0 Å². The van der Waals surface area contributed by atoms with Crippen molar-refractivity contribution < 1.29 is 14.5 Å². The maximum Gasteiger partial charge on any atom is 0.314 e. The van der Waals surface area contributed by atoms with Gasteiger partial charge in [0.2, 0.25) is 0 Å². The maximum atomic E-state index is 12.3. The van der Waals surface area contributed by atoms with Crippen LogP contribution in [0.25, 0.3) is 6.08 Å². The van der Waals surface area contributed by atoms with E-state index in [0.717, 1.165) is 25.7 Å². The summed E-state index contributed by atoms with van der Waals surface area (Å²) in [6, 6.07) is 15.8. The molecule has 0 aliphatic heterocycles. The van der Waals surface area contributed by atoms with Gasteiger partial charge >= 0.3 is 5.97 Å². The summed E-state index contributed by atoms with van der Waals surface area (Å²) in [5.41, 5.74) is 2.52. The van der Waals surface area contributed by atoms with Crippen molar-refractivity contribution in [3.63, 3.8) is 0 Å². The van der Waals surface area contributed by atoms with Crippen LogP contribution in [-0.4, -0.2) is 10.9 Å². The van der Waals surface area contributed by atoms with Crippen molar-refractivity contribution in [3.05, 3.63) is 75.8 Å². The number of allylic oxidation sites excluding steroid dienone is 1. The molecular formula is C20H19NO4. The Hall–Kier alpha value is -2.95. The lowest BCUT2D eigenvalue weighted by Crippen LogP contribution is -2.23. The lowest BCUT2D eigenvalue weighted by atomic mass is 9.85. The number of carbonyl (C=O) groups excluding carboxylic acids is 1. The Bertz CT molecular complexity index is 771. The number of ether oxygens (including phenoxy) is 1. The van der Waals surface area contributed by atoms with Gasteiger partial charge in [-0.05, 0) is 43.4 Å². The van der Waals surface area contributed by atoms with Gasteiger partial charge in [0.15, 0.2) is 0 Å². The lowest BCUT2D eigenvalue weighted by Gasteiger charge is -2.22. The Kier molecular flexibility index (Phi) is 5.23. The van der Waals surface area contributed by atoms with Crippen LogP contribution in [0.5, 0.6) is 5.75 Å². The van der Waals surface area contributed by atoms with Gasteiger partial charge in [-0.3, -0.25) is 14.9 Å². The van der Waals surface area contributed by atoms with Crippen molar-refractivity contribution in [1.82, 2.24) is 0 Å². The molecule has 5 heteroatoms. The molecule has 2 aromatic carbocycles. The summed E-state index contributed by atoms with van der Waals surface area (Å²) in [4.78, 5) is 22.4. The van der Waals surface area contributed by atoms with Crippen LogP contribution < -0.4 is 4.74 Å². The minimum absolute atomic E-state index is 0.0202. The summed E-state index contributed by atoms with van der Waals surface area (Å²) in [5, 5.41) is 10.6. The van der Waals surface area contributed by atoms with Crippen LogP contribution in [0, 0.1) is 16.0 Å². The Morgan fingerprint density at radius 3 is 2.28 bits per heavy atom. The maximum absolute atomic E-state index is 12.3. The molecule has 0 saturated heterocycles. The average molecular weight is 337 g/mol. The number of non-ortho nitro benzene ring substituents is 1. The van der Waals surface area contributed by atoms with Gasteiger partial charge in [-0.1, -0.05) is 42.0 Å². The number of nitro groups is 1. The van der Waals surface area contributed by atoms with Crippen molar-refractivity contribution >= 4 is 17.7 Å². The summed E-state index contributed by atoms with van der Waals surface area (Å²) in [7, 11) is 0. The predicted molar refractivity (Wildman–Crippen MR) is 95.1 cm³/mol. The van der Waals surface area contributed by atoms with Crippen LogP contribution in [0.15, 0.2) is 60.2 Å². The fourth-order valence-corrected chi connectivity index (χ4v) is 2.99. The van der Waals surface area contributed by atoms with Crippen LogP contribution in [-0.2, 0) is 4.79 Å². The highest BCUT2D eigenvalue weighted by molar-refractivity contribution is 5.75. The van der Waals surface area contributed by atoms with Gasteiger partial charge < -0.3 is 4.74 Å². The van der Waals surface area contributed by atoms with Gasteiger partial charge in [0.25, 0.3) is 5.69 Å². The molecule has 5 nitrogen and oxygen atoms in total. The zero-order valence-corrected chi connectivity index (χ0v) is 13.8. The number of carbonyl (C=O) groups is 1. The van der Waals surface area contributed by atoms with Crippen LogP contribution in [0.2, 0.25) is 0 Å². The smallest absolute Gasteiger partial charge is 0.314 e. The zero-order chi connectivity index (χ0) is 17.6. The lowest BCUT2D eigenvalue weighted by molar-refractivity contribution is -0.384. The monoisotopic (exact) mass is 337 g/mol. The molecular weight excluding hydrogens is 318 g/mol. The third kappa shape index (κ3) is 4.53. The molecule has 1 aliphatic carbocycles. The van der Waals surface area contributed by atoms with Gasteiger partial charge in [-0.15, -0.1) is 0 Å². The molecule has 2 aromatic rings. The highest BCUT2D eigenvalue weighted by atomic mass is 16.6. The van der Waals surface area contributed by atoms with E-state index in [1.165, 1.54) is 35.4 Å². The molecule has 0 unspecified atom stereocenters. The Morgan fingerprint density at radius 1 is 1.04 bits per heavy atom. The van der Waals surface area contributed by atoms with Crippen LogP contribution in [0.4, 0.5) is 5.69 Å². The largest absolute Gasteiger partial charge is 0.426 e. The second-order valence-corrected chi connectivity index (χ2v) is 6.16. The molecule has 0 bridgehead atoms. The fourth-order valence-electron chi connectivity index (χ4n) is 2.99. The molecule has 1 aliphatic rings. The van der Waals surface area contributed by atoms with Crippen LogP contribution >= 0.6 is 0 Å². The average Bonchev–Trinajstić information content (AvgIpc) is 2.63. The van der Waals surface area contributed by atoms with Crippen molar-refractivity contribution in [3.8, 4) is 5.75 Å². The molecule has 0 spiro atoms. The molecule has 0 aromatic heterocycles. The van der Waals surface area contributed by atoms with Crippen molar-refractivity contribution in [2.45, 2.75) is 25.7 Å². The number of nitrogens with zero attached hydrogens (tertiary/aromatic N) is 1. The first kappa shape index (κ1) is 16.9. The van der Waals surface area contributed by atoms with Crippen LogP contribution in [0.1, 0.15) is 31.2 Å². The highest BCUT2D eigenvalue weighted by Gasteiger charge is 2.25. The third-order valence-corrected chi connectivity index (χ3v) is 4.40. The summed E-state index contributed by atoms with van der Waals surface area (Å²) in [6.07, 6.45) is 5.50. The molecule has 128 valence electrons. The number of hydrogen-bond donors (Lipinski definition) is 0. The molecule has 0 radical (unpaired) electrons. The first-order chi connectivity index (χ1) is 12.1. The second-order valence-electron chi connectivity index (χ2n) is 6.16. The summed E-state index contributed by atoms with van der Waals surface area (Å²) >= 11 is 0. The zero-order valence-electron chi connectivity index (χ0n) is 13.8. The second kappa shape index (κ2) is 7.75. The fraction of sp³-hybridized carbons (Fsp3) is 0.250. The number of rotatable bonds is 4. The Morgan fingerprint density at radius 2 is 1.68 bits per heavy atom. The normalized spacial score (nSPS) is 17.0. The first-order valence-electron chi connectivity index (χ1n) is 8.32. The van der Waals surface area contributed by atoms with E-state index < -0.39 is 4.92 Å². The quantitative estimate of drug-likeness (QED) is 0.349. The van der Waals surface area contributed by atoms with Crippen molar-refractivity contribution in [2.75, 3.05) is 0 Å². The van der Waals surface area contributed by atoms with E-state index in [2.05, 4.69) is 18.2 Å². The van der Waals surface area contributed by atoms with E-state index >= 15 is 0 Å². The van der Waals surface area contributed by atoms with E-state index in [4.69, 9.17) is 4.74 Å². The Balaban J connectivity index is 1.54. The van der Waals surface area contributed by atoms with Gasteiger partial charge in [0.05, 0.1) is 10.8 Å². The van der Waals surface area contributed by atoms with Crippen LogP contribution in [0.3, 0.4) is 0 Å². The van der Waals surface area contributed by atoms with Crippen molar-refractivity contribution in [2.24, 2.45) is 5.92 Å². The third-order valence-electron chi connectivity index (χ3n) is 4.40. The molecule has 25 heavy (non-hydrogen) atoms. The molecule has 0 N–H and O–H groups in total. The SMILES string of the molecule is O=C(Oc1ccc([N+](=O)[O-])cc1)C1CCC(=Cc2ccccc2)CC1. The molecule has 3 rings (SSSR count). The summed E-state index contributed by atoms with van der Waals surface area (Å²) in [6.45, 7) is 0. The van der Waals surface area contributed by atoms with Gasteiger partial charge in [0.1, 0.15) is 5.75 Å². The first-order valence-corrected chi connectivity index (χ1v) is 8.32. The highest BCUT2D eigenvalue weighted by Crippen LogP contribution is 2.31. The molecule has 0 atom stereocenters. The number of hydrogen-bond acceptors (Lipinski definition) is 4. The molecule has 1 fully saturated rings. The van der Waals surface area contributed by atoms with Gasteiger partial charge in [-0.25, -0.2) is 0 Å². The molecule has 1 saturated carbocycles. The number of benzene rings is 2. The topological polar surface area (TPSA) is 69.4 Å². The van der Waals surface area contributed by atoms with Crippen molar-refractivity contribution in [1.29, 1.82) is 0 Å². The van der Waals surface area contributed by atoms with E-state index in [1.54, 1.807) is 0 Å². The predicted octanol–water partition coefficient (Wildman–Crippen LogP) is 4.77. The van der Waals surface area contributed by atoms with E-state index in [-0.39, 0.29) is 17.6 Å². The number of nitro benzene ring substituents is 1. The van der Waals surface area contributed by atoms with E-state index in [9.17, 15) is 14.9 Å². The summed E-state index contributed by atoms with van der Waals surface area (Å²) < 4.78 is 5.36. The molecule has 0 heterocycles. The molecule has 0 amide bonds. The summed E-state index contributed by atoms with van der Waals surface area (Å²) in [5.74, 6) is -0.0306. The van der Waals surface area contributed by atoms with E-state index in [1.807, 2.05) is 18.2 Å². The standard InChI is InChI=1S/C20H19NO4/c22-20(25-19-12-10-18(11-13-19)21(23)24)17-8-6-16(7-9-17)14-15-4-2-1-3-5-15/h1-5,10-14,17H,6-9H2. The van der Waals surface area contributed by atoms with Gasteiger partial charge in [0, 0.05) is 12.1 Å². The Labute approximate surface area is 146 Å². The van der Waals surface area contributed by atoms with E-state index in [0.29, 0.717) is 5.75 Å². The minimum atomic E-state index is -0.479. The number of esters is 1. The minimum Gasteiger partial charge on any atom is -0.426 e.